The average Bonchev–Trinajstić information content (AvgIpc) is 3.13. The molecule has 0 unspecified atom stereocenters. The minimum Gasteiger partial charge on any atom is -0.444 e. The Morgan fingerprint density at radius 2 is 2.18 bits per heavy atom. The Morgan fingerprint density at radius 1 is 1.36 bits per heavy atom. The zero-order chi connectivity index (χ0) is 20.1. The van der Waals surface area contributed by atoms with Gasteiger partial charge in [-0.2, -0.15) is 0 Å². The summed E-state index contributed by atoms with van der Waals surface area (Å²) in [4.78, 5) is 32.9. The first kappa shape index (κ1) is 20.1. The van der Waals surface area contributed by atoms with Crippen molar-refractivity contribution >= 4 is 17.5 Å². The van der Waals surface area contributed by atoms with Crippen LogP contribution in [0.15, 0.2) is 34.9 Å². The van der Waals surface area contributed by atoms with E-state index >= 15 is 0 Å². The second-order valence-corrected chi connectivity index (χ2v) is 7.47. The summed E-state index contributed by atoms with van der Waals surface area (Å²) in [6.07, 6.45) is 6.07. The number of nitrogens with zero attached hydrogens (tertiary/aromatic N) is 3. The van der Waals surface area contributed by atoms with E-state index in [4.69, 9.17) is 4.42 Å². The molecule has 7 nitrogen and oxygen atoms in total. The van der Waals surface area contributed by atoms with Crippen molar-refractivity contribution in [1.82, 2.24) is 14.8 Å². The summed E-state index contributed by atoms with van der Waals surface area (Å²) >= 11 is 0. The molecule has 1 aromatic carbocycles. The fraction of sp³-hybridized carbons (Fsp3) is 0.476. The molecule has 7 heteroatoms. The number of benzene rings is 1. The van der Waals surface area contributed by atoms with Gasteiger partial charge in [0, 0.05) is 30.9 Å². The van der Waals surface area contributed by atoms with E-state index in [1.807, 2.05) is 13.0 Å². The molecule has 150 valence electrons. The van der Waals surface area contributed by atoms with Gasteiger partial charge in [0.25, 0.3) is 0 Å². The molecule has 2 heterocycles. The van der Waals surface area contributed by atoms with E-state index in [1.54, 1.807) is 31.5 Å². The number of likely N-dealkylation sites (tertiary alicyclic amines) is 1. The lowest BCUT2D eigenvalue weighted by atomic mass is 10.00. The first-order chi connectivity index (χ1) is 13.4. The molecular weight excluding hydrogens is 356 g/mol. The number of hydrogen-bond donors (Lipinski definition) is 1. The minimum absolute atomic E-state index is 0.480. The Labute approximate surface area is 165 Å². The minimum atomic E-state index is -0.639. The maximum atomic E-state index is 12.4. The number of hydrogen-bond acceptors (Lipinski definition) is 5. The van der Waals surface area contributed by atoms with Crippen LogP contribution in [0.1, 0.15) is 31.4 Å². The number of carbonyl (C=O) groups excluding carboxylic acids is 2. The van der Waals surface area contributed by atoms with Crippen LogP contribution >= 0.6 is 0 Å². The molecule has 3 rings (SSSR count). The van der Waals surface area contributed by atoms with Gasteiger partial charge >= 0.3 is 11.8 Å². The molecule has 2 amide bonds. The molecule has 1 fully saturated rings. The topological polar surface area (TPSA) is 78.7 Å². The Kier molecular flexibility index (Phi) is 6.46. The zero-order valence-corrected chi connectivity index (χ0v) is 16.8. The molecule has 0 spiro atoms. The van der Waals surface area contributed by atoms with Crippen molar-refractivity contribution in [2.45, 2.75) is 38.6 Å². The number of nitrogens with one attached hydrogen (secondary N) is 1. The van der Waals surface area contributed by atoms with Gasteiger partial charge in [0.1, 0.15) is 6.26 Å². The average molecular weight is 384 g/mol. The SMILES string of the molecule is Cc1coc(-c2cccc(NC(=O)C(=O)N(C)CC[C@@H]3CCCCN3C)c2)n1. The molecule has 1 saturated heterocycles. The van der Waals surface area contributed by atoms with Crippen molar-refractivity contribution in [1.29, 1.82) is 0 Å². The standard InChI is InChI=1S/C21H28N4O3/c1-15-14-28-20(22-15)16-7-6-8-17(13-16)23-19(26)21(27)25(3)12-10-18-9-4-5-11-24(18)2/h6-8,13-14,18H,4-5,9-12H2,1-3H3,(H,23,26)/t18-/m0/s1. The summed E-state index contributed by atoms with van der Waals surface area (Å²) in [5, 5.41) is 2.68. The number of aryl methyl sites for hydroxylation is 1. The van der Waals surface area contributed by atoms with Crippen molar-refractivity contribution in [3.8, 4) is 11.5 Å². The second-order valence-electron chi connectivity index (χ2n) is 7.47. The van der Waals surface area contributed by atoms with Crippen molar-refractivity contribution in [2.75, 3.05) is 32.5 Å². The van der Waals surface area contributed by atoms with Crippen LogP contribution in [0.5, 0.6) is 0 Å². The van der Waals surface area contributed by atoms with Gasteiger partial charge in [-0.05, 0) is 58.0 Å². The number of carbonyl (C=O) groups is 2. The van der Waals surface area contributed by atoms with Crippen molar-refractivity contribution in [2.24, 2.45) is 0 Å². The summed E-state index contributed by atoms with van der Waals surface area (Å²) in [6.45, 7) is 3.51. The Morgan fingerprint density at radius 3 is 2.89 bits per heavy atom. The summed E-state index contributed by atoms with van der Waals surface area (Å²) in [5.74, 6) is -0.690. The highest BCUT2D eigenvalue weighted by atomic mass is 16.3. The quantitative estimate of drug-likeness (QED) is 0.802. The number of anilines is 1. The monoisotopic (exact) mass is 384 g/mol. The van der Waals surface area contributed by atoms with E-state index in [1.165, 1.54) is 17.7 Å². The number of aromatic nitrogens is 1. The lowest BCUT2D eigenvalue weighted by Gasteiger charge is -2.33. The molecular formula is C21H28N4O3. The first-order valence-corrected chi connectivity index (χ1v) is 9.73. The van der Waals surface area contributed by atoms with Crippen LogP contribution in [0.3, 0.4) is 0 Å². The van der Waals surface area contributed by atoms with Crippen LogP contribution in [0, 0.1) is 6.92 Å². The normalized spacial score (nSPS) is 17.3. The highest BCUT2D eigenvalue weighted by Gasteiger charge is 2.23. The van der Waals surface area contributed by atoms with Gasteiger partial charge in [-0.3, -0.25) is 9.59 Å². The Hall–Kier alpha value is -2.67. The Balaban J connectivity index is 1.55. The number of oxazole rings is 1. The largest absolute Gasteiger partial charge is 0.444 e. The number of amides is 2. The van der Waals surface area contributed by atoms with Crippen LogP contribution in [0.4, 0.5) is 5.69 Å². The van der Waals surface area contributed by atoms with E-state index in [2.05, 4.69) is 22.2 Å². The van der Waals surface area contributed by atoms with E-state index in [-0.39, 0.29) is 0 Å². The molecule has 0 bridgehead atoms. The van der Waals surface area contributed by atoms with Crippen LogP contribution in [-0.2, 0) is 9.59 Å². The molecule has 1 N–H and O–H groups in total. The number of piperidine rings is 1. The maximum absolute atomic E-state index is 12.4. The van der Waals surface area contributed by atoms with Crippen LogP contribution < -0.4 is 5.32 Å². The molecule has 28 heavy (non-hydrogen) atoms. The zero-order valence-electron chi connectivity index (χ0n) is 16.8. The third-order valence-corrected chi connectivity index (χ3v) is 5.25. The lowest BCUT2D eigenvalue weighted by Crippen LogP contribution is -2.42. The van der Waals surface area contributed by atoms with Crippen LogP contribution in [0.2, 0.25) is 0 Å². The summed E-state index contributed by atoms with van der Waals surface area (Å²) < 4.78 is 5.39. The second kappa shape index (κ2) is 9.01. The molecule has 0 saturated carbocycles. The van der Waals surface area contributed by atoms with Gasteiger partial charge in [-0.15, -0.1) is 0 Å². The molecule has 0 aliphatic carbocycles. The van der Waals surface area contributed by atoms with Gasteiger partial charge in [0.05, 0.1) is 5.69 Å². The van der Waals surface area contributed by atoms with Crippen molar-refractivity contribution in [3.05, 3.63) is 36.2 Å². The van der Waals surface area contributed by atoms with Gasteiger partial charge in [0.15, 0.2) is 0 Å². The summed E-state index contributed by atoms with van der Waals surface area (Å²) in [5.41, 5.74) is 2.06. The third-order valence-electron chi connectivity index (χ3n) is 5.25. The molecule has 1 atom stereocenters. The fourth-order valence-electron chi connectivity index (χ4n) is 3.53. The number of likely N-dealkylation sites (N-methyl/N-ethyl adjacent to an activating group) is 1. The van der Waals surface area contributed by atoms with Gasteiger partial charge in [-0.1, -0.05) is 12.5 Å². The van der Waals surface area contributed by atoms with Crippen molar-refractivity contribution < 1.29 is 14.0 Å². The lowest BCUT2D eigenvalue weighted by molar-refractivity contribution is -0.142. The highest BCUT2D eigenvalue weighted by Crippen LogP contribution is 2.22. The van der Waals surface area contributed by atoms with Crippen molar-refractivity contribution in [3.63, 3.8) is 0 Å². The van der Waals surface area contributed by atoms with Gasteiger partial charge < -0.3 is 19.5 Å². The smallest absolute Gasteiger partial charge is 0.313 e. The van der Waals surface area contributed by atoms with E-state index in [9.17, 15) is 9.59 Å². The highest BCUT2D eigenvalue weighted by molar-refractivity contribution is 6.39. The van der Waals surface area contributed by atoms with Crippen LogP contribution in [0.25, 0.3) is 11.5 Å². The van der Waals surface area contributed by atoms with Crippen LogP contribution in [-0.4, -0.2) is 59.8 Å². The Bertz CT molecular complexity index is 833. The molecule has 1 aromatic heterocycles. The first-order valence-electron chi connectivity index (χ1n) is 9.73. The number of rotatable bonds is 5. The summed E-state index contributed by atoms with van der Waals surface area (Å²) in [7, 11) is 3.80. The third kappa shape index (κ3) is 4.98. The van der Waals surface area contributed by atoms with Gasteiger partial charge in [0.2, 0.25) is 5.89 Å². The van der Waals surface area contributed by atoms with E-state index < -0.39 is 11.8 Å². The molecule has 0 radical (unpaired) electrons. The molecule has 2 aromatic rings. The molecule has 1 aliphatic rings. The van der Waals surface area contributed by atoms with E-state index in [0.717, 1.165) is 30.6 Å². The maximum Gasteiger partial charge on any atom is 0.313 e. The fourth-order valence-corrected chi connectivity index (χ4v) is 3.53. The van der Waals surface area contributed by atoms with Gasteiger partial charge in [-0.25, -0.2) is 4.98 Å². The predicted molar refractivity (Wildman–Crippen MR) is 108 cm³/mol. The summed E-state index contributed by atoms with van der Waals surface area (Å²) in [6, 6.07) is 7.59. The molecule has 1 aliphatic heterocycles. The van der Waals surface area contributed by atoms with E-state index in [0.29, 0.717) is 24.2 Å². The predicted octanol–water partition coefficient (Wildman–Crippen LogP) is 2.92.